The number of hydrogen-bond donors (Lipinski definition) is 2. The molecule has 2 rings (SSSR count). The second-order valence-corrected chi connectivity index (χ2v) is 5.39. The summed E-state index contributed by atoms with van der Waals surface area (Å²) in [5, 5.41) is 16.7. The maximum absolute atomic E-state index is 11.8. The quantitative estimate of drug-likeness (QED) is 0.865. The normalized spacial score (nSPS) is 22.7. The number of anilines is 1. The number of aliphatic hydroxyl groups is 1. The summed E-state index contributed by atoms with van der Waals surface area (Å²) in [4.78, 5) is 11.8. The molecule has 0 bridgehead atoms. The van der Waals surface area contributed by atoms with Gasteiger partial charge >= 0.3 is 0 Å². The van der Waals surface area contributed by atoms with Crippen molar-refractivity contribution in [3.05, 3.63) is 21.6 Å². The summed E-state index contributed by atoms with van der Waals surface area (Å²) in [5.74, 6) is 0.796. The molecule has 2 unspecified atom stereocenters. The van der Waals surface area contributed by atoms with E-state index in [1.807, 2.05) is 6.92 Å². The number of aromatic nitrogens is 2. The van der Waals surface area contributed by atoms with Crippen molar-refractivity contribution in [1.29, 1.82) is 0 Å². The van der Waals surface area contributed by atoms with Crippen LogP contribution < -0.4 is 10.9 Å². The average molecular weight is 286 g/mol. The molecule has 19 heavy (non-hydrogen) atoms. The molecule has 0 radical (unpaired) electrons. The molecule has 106 valence electrons. The van der Waals surface area contributed by atoms with Crippen LogP contribution in [0.15, 0.2) is 11.0 Å². The number of aliphatic hydroxyl groups excluding tert-OH is 1. The highest BCUT2D eigenvalue weighted by atomic mass is 35.5. The van der Waals surface area contributed by atoms with E-state index in [1.165, 1.54) is 4.68 Å². The van der Waals surface area contributed by atoms with Crippen LogP contribution >= 0.6 is 11.6 Å². The van der Waals surface area contributed by atoms with Gasteiger partial charge in [-0.05, 0) is 31.6 Å². The van der Waals surface area contributed by atoms with Gasteiger partial charge in [0.2, 0.25) is 0 Å². The lowest BCUT2D eigenvalue weighted by Gasteiger charge is -2.18. The summed E-state index contributed by atoms with van der Waals surface area (Å²) in [6.45, 7) is 3.31. The SMILES string of the molecule is CCn1ncc(NCC2CCCC2CO)c(Cl)c1=O. The molecule has 0 saturated heterocycles. The van der Waals surface area contributed by atoms with Crippen LogP contribution in [0.2, 0.25) is 5.02 Å². The van der Waals surface area contributed by atoms with Crippen molar-refractivity contribution in [2.45, 2.75) is 32.7 Å². The van der Waals surface area contributed by atoms with Gasteiger partial charge in [-0.25, -0.2) is 4.68 Å². The van der Waals surface area contributed by atoms with E-state index in [4.69, 9.17) is 11.6 Å². The first-order valence-electron chi connectivity index (χ1n) is 6.77. The molecule has 5 nitrogen and oxygen atoms in total. The van der Waals surface area contributed by atoms with Crippen LogP contribution in [-0.4, -0.2) is 28.0 Å². The zero-order chi connectivity index (χ0) is 13.8. The number of aryl methyl sites for hydroxylation is 1. The van der Waals surface area contributed by atoms with E-state index >= 15 is 0 Å². The third-order valence-corrected chi connectivity index (χ3v) is 4.26. The van der Waals surface area contributed by atoms with Crippen molar-refractivity contribution in [2.75, 3.05) is 18.5 Å². The van der Waals surface area contributed by atoms with E-state index in [-0.39, 0.29) is 17.2 Å². The largest absolute Gasteiger partial charge is 0.396 e. The molecule has 0 spiro atoms. The van der Waals surface area contributed by atoms with Gasteiger partial charge < -0.3 is 10.4 Å². The maximum Gasteiger partial charge on any atom is 0.287 e. The molecule has 1 fully saturated rings. The van der Waals surface area contributed by atoms with Crippen molar-refractivity contribution < 1.29 is 5.11 Å². The first-order valence-corrected chi connectivity index (χ1v) is 7.15. The fraction of sp³-hybridized carbons (Fsp3) is 0.692. The van der Waals surface area contributed by atoms with Crippen LogP contribution in [0.3, 0.4) is 0 Å². The van der Waals surface area contributed by atoms with Crippen LogP contribution in [-0.2, 0) is 6.54 Å². The Morgan fingerprint density at radius 3 is 2.95 bits per heavy atom. The van der Waals surface area contributed by atoms with Gasteiger partial charge in [0.25, 0.3) is 5.56 Å². The van der Waals surface area contributed by atoms with E-state index in [2.05, 4.69) is 10.4 Å². The Hall–Kier alpha value is -1.07. The zero-order valence-electron chi connectivity index (χ0n) is 11.1. The van der Waals surface area contributed by atoms with E-state index in [1.54, 1.807) is 6.20 Å². The third-order valence-electron chi connectivity index (χ3n) is 3.89. The Morgan fingerprint density at radius 2 is 2.26 bits per heavy atom. The highest BCUT2D eigenvalue weighted by Crippen LogP contribution is 2.31. The van der Waals surface area contributed by atoms with Gasteiger partial charge in [0.15, 0.2) is 0 Å². The molecular formula is C13H20ClN3O2. The van der Waals surface area contributed by atoms with Crippen molar-refractivity contribution in [1.82, 2.24) is 9.78 Å². The monoisotopic (exact) mass is 285 g/mol. The molecule has 1 heterocycles. The lowest BCUT2D eigenvalue weighted by molar-refractivity contribution is 0.199. The summed E-state index contributed by atoms with van der Waals surface area (Å²) in [7, 11) is 0. The molecule has 0 amide bonds. The Bertz CT molecular complexity index is 489. The Kier molecular flexibility index (Phi) is 4.82. The number of rotatable bonds is 5. The second kappa shape index (κ2) is 6.39. The standard InChI is InChI=1S/C13H20ClN3O2/c1-2-17-13(19)12(14)11(7-16-17)15-6-9-4-3-5-10(9)8-18/h7,9-10,15,18H,2-6,8H2,1H3. The molecule has 1 aliphatic carbocycles. The minimum Gasteiger partial charge on any atom is -0.396 e. The van der Waals surface area contributed by atoms with Gasteiger partial charge in [-0.15, -0.1) is 0 Å². The number of hydrogen-bond acceptors (Lipinski definition) is 4. The van der Waals surface area contributed by atoms with E-state index in [9.17, 15) is 9.90 Å². The molecule has 1 aromatic heterocycles. The lowest BCUT2D eigenvalue weighted by Crippen LogP contribution is -2.25. The Morgan fingerprint density at radius 1 is 1.53 bits per heavy atom. The van der Waals surface area contributed by atoms with Crippen molar-refractivity contribution in [2.24, 2.45) is 11.8 Å². The second-order valence-electron chi connectivity index (χ2n) is 5.01. The summed E-state index contributed by atoms with van der Waals surface area (Å²) >= 11 is 6.05. The van der Waals surface area contributed by atoms with Gasteiger partial charge in [0.1, 0.15) is 5.02 Å². The molecule has 6 heteroatoms. The average Bonchev–Trinajstić information content (AvgIpc) is 2.88. The van der Waals surface area contributed by atoms with Crippen molar-refractivity contribution >= 4 is 17.3 Å². The van der Waals surface area contributed by atoms with Gasteiger partial charge in [-0.1, -0.05) is 18.0 Å². The molecule has 1 saturated carbocycles. The molecule has 2 atom stereocenters. The smallest absolute Gasteiger partial charge is 0.287 e. The van der Waals surface area contributed by atoms with Crippen LogP contribution in [0.4, 0.5) is 5.69 Å². The molecule has 0 aliphatic heterocycles. The highest BCUT2D eigenvalue weighted by Gasteiger charge is 2.26. The Labute approximate surface area is 117 Å². The van der Waals surface area contributed by atoms with Crippen LogP contribution in [0.25, 0.3) is 0 Å². The highest BCUT2D eigenvalue weighted by molar-refractivity contribution is 6.32. The minimum absolute atomic E-state index is 0.190. The van der Waals surface area contributed by atoms with Crippen LogP contribution in [0, 0.1) is 11.8 Å². The van der Waals surface area contributed by atoms with Crippen molar-refractivity contribution in [3.8, 4) is 0 Å². The zero-order valence-corrected chi connectivity index (χ0v) is 11.9. The van der Waals surface area contributed by atoms with Gasteiger partial charge in [-0.3, -0.25) is 4.79 Å². The van der Waals surface area contributed by atoms with Gasteiger partial charge in [0.05, 0.1) is 11.9 Å². The topological polar surface area (TPSA) is 67.2 Å². The van der Waals surface area contributed by atoms with E-state index < -0.39 is 0 Å². The molecule has 2 N–H and O–H groups in total. The molecule has 0 aromatic carbocycles. The molecular weight excluding hydrogens is 266 g/mol. The lowest BCUT2D eigenvalue weighted by atomic mass is 9.97. The first kappa shape index (κ1) is 14.3. The summed E-state index contributed by atoms with van der Waals surface area (Å²) in [5.41, 5.74) is 0.319. The van der Waals surface area contributed by atoms with Gasteiger partial charge in [0, 0.05) is 19.7 Å². The predicted molar refractivity (Wildman–Crippen MR) is 75.6 cm³/mol. The van der Waals surface area contributed by atoms with Crippen LogP contribution in [0.5, 0.6) is 0 Å². The molecule has 1 aliphatic rings. The van der Waals surface area contributed by atoms with E-state index in [0.29, 0.717) is 24.1 Å². The number of nitrogens with one attached hydrogen (secondary N) is 1. The Balaban J connectivity index is 2.04. The minimum atomic E-state index is -0.265. The summed E-state index contributed by atoms with van der Waals surface area (Å²) in [6, 6.07) is 0. The first-order chi connectivity index (χ1) is 9.17. The fourth-order valence-corrected chi connectivity index (χ4v) is 2.89. The number of halogens is 1. The van der Waals surface area contributed by atoms with Gasteiger partial charge in [-0.2, -0.15) is 5.10 Å². The molecule has 1 aromatic rings. The fourth-order valence-electron chi connectivity index (χ4n) is 2.68. The summed E-state index contributed by atoms with van der Waals surface area (Å²) in [6.07, 6.45) is 4.93. The third kappa shape index (κ3) is 3.09. The van der Waals surface area contributed by atoms with Crippen molar-refractivity contribution in [3.63, 3.8) is 0 Å². The number of nitrogens with zero attached hydrogens (tertiary/aromatic N) is 2. The maximum atomic E-state index is 11.8. The van der Waals surface area contributed by atoms with Crippen LogP contribution in [0.1, 0.15) is 26.2 Å². The van der Waals surface area contributed by atoms with E-state index in [0.717, 1.165) is 25.8 Å². The predicted octanol–water partition coefficient (Wildman–Crippen LogP) is 1.74. The summed E-state index contributed by atoms with van der Waals surface area (Å²) < 4.78 is 1.33.